The molecule has 0 saturated carbocycles. The zero-order chi connectivity index (χ0) is 14.0. The third-order valence-corrected chi connectivity index (χ3v) is 3.21. The first-order valence-corrected chi connectivity index (χ1v) is 5.98. The fraction of sp³-hybridized carbons (Fsp3) is 0.417. The number of hydrogen-bond donors (Lipinski definition) is 1. The molecule has 7 heteroatoms. The Kier molecular flexibility index (Phi) is 3.75. The summed E-state index contributed by atoms with van der Waals surface area (Å²) >= 11 is 0. The fourth-order valence-electron chi connectivity index (χ4n) is 2.11. The maximum Gasteiger partial charge on any atom is 0.285 e. The molecule has 0 spiro atoms. The van der Waals surface area contributed by atoms with Crippen molar-refractivity contribution in [3.05, 3.63) is 39.7 Å². The molecule has 1 fully saturated rings. The molecule has 6 nitrogen and oxygen atoms in total. The number of hydrogen-bond acceptors (Lipinski definition) is 4. The van der Waals surface area contributed by atoms with Crippen molar-refractivity contribution in [1.82, 2.24) is 4.90 Å². The summed E-state index contributed by atoms with van der Waals surface area (Å²) in [6.07, 6.45) is 1.33. The van der Waals surface area contributed by atoms with Gasteiger partial charge in [-0.15, -0.1) is 0 Å². The lowest BCUT2D eigenvalue weighted by atomic mass is 10.0. The number of nitrogens with two attached hydrogens (primary N) is 1. The van der Waals surface area contributed by atoms with Gasteiger partial charge in [0.25, 0.3) is 11.6 Å². The van der Waals surface area contributed by atoms with Crippen LogP contribution in [0, 0.1) is 15.9 Å². The SMILES string of the molecule is NC1CCN(C(=O)c2ccc(F)cc2[N+](=O)[O-])CC1. The summed E-state index contributed by atoms with van der Waals surface area (Å²) in [5, 5.41) is 10.9. The lowest BCUT2D eigenvalue weighted by Gasteiger charge is -2.30. The van der Waals surface area contributed by atoms with Gasteiger partial charge in [0.2, 0.25) is 0 Å². The number of nitrogens with zero attached hydrogens (tertiary/aromatic N) is 2. The lowest BCUT2D eigenvalue weighted by Crippen LogP contribution is -2.43. The topological polar surface area (TPSA) is 89.5 Å². The maximum atomic E-state index is 13.0. The van der Waals surface area contributed by atoms with Gasteiger partial charge in [-0.1, -0.05) is 0 Å². The fourth-order valence-corrected chi connectivity index (χ4v) is 2.11. The molecule has 102 valence electrons. The van der Waals surface area contributed by atoms with Crippen molar-refractivity contribution >= 4 is 11.6 Å². The standard InChI is InChI=1S/C12H14FN3O3/c13-8-1-2-10(11(7-8)16(18)19)12(17)15-5-3-9(14)4-6-15/h1-2,7,9H,3-6,14H2. The van der Waals surface area contributed by atoms with Crippen molar-refractivity contribution in [1.29, 1.82) is 0 Å². The number of carbonyl (C=O) groups excluding carboxylic acids is 1. The monoisotopic (exact) mass is 267 g/mol. The minimum Gasteiger partial charge on any atom is -0.338 e. The van der Waals surface area contributed by atoms with Crippen molar-refractivity contribution in [2.75, 3.05) is 13.1 Å². The van der Waals surface area contributed by atoms with E-state index in [0.717, 1.165) is 18.2 Å². The molecule has 19 heavy (non-hydrogen) atoms. The Labute approximate surface area is 109 Å². The van der Waals surface area contributed by atoms with Gasteiger partial charge in [-0.25, -0.2) is 4.39 Å². The zero-order valence-corrected chi connectivity index (χ0v) is 10.2. The summed E-state index contributed by atoms with van der Waals surface area (Å²) in [4.78, 5) is 23.8. The number of benzene rings is 1. The first-order chi connectivity index (χ1) is 8.99. The van der Waals surface area contributed by atoms with E-state index in [2.05, 4.69) is 0 Å². The van der Waals surface area contributed by atoms with E-state index in [4.69, 9.17) is 5.73 Å². The second-order valence-corrected chi connectivity index (χ2v) is 4.55. The quantitative estimate of drug-likeness (QED) is 0.646. The molecular weight excluding hydrogens is 253 g/mol. The van der Waals surface area contributed by atoms with Crippen molar-refractivity contribution in [3.8, 4) is 0 Å². The predicted octanol–water partition coefficient (Wildman–Crippen LogP) is 1.30. The highest BCUT2D eigenvalue weighted by Gasteiger charge is 2.27. The third kappa shape index (κ3) is 2.87. The zero-order valence-electron chi connectivity index (χ0n) is 10.2. The molecule has 0 radical (unpaired) electrons. The molecule has 0 aromatic heterocycles. The molecule has 1 aliphatic heterocycles. The molecule has 1 heterocycles. The van der Waals surface area contributed by atoms with Crippen LogP contribution in [-0.4, -0.2) is 34.9 Å². The van der Waals surface area contributed by atoms with Gasteiger partial charge in [-0.05, 0) is 25.0 Å². The van der Waals surface area contributed by atoms with Gasteiger partial charge in [0, 0.05) is 19.1 Å². The van der Waals surface area contributed by atoms with Crippen LogP contribution in [0.25, 0.3) is 0 Å². The van der Waals surface area contributed by atoms with Gasteiger partial charge in [-0.2, -0.15) is 0 Å². The summed E-state index contributed by atoms with van der Waals surface area (Å²) in [6, 6.07) is 3.04. The molecule has 0 atom stereocenters. The molecule has 1 aromatic carbocycles. The minimum atomic E-state index is -0.744. The molecule has 1 aromatic rings. The van der Waals surface area contributed by atoms with E-state index < -0.39 is 22.3 Å². The molecule has 2 N–H and O–H groups in total. The highest BCUT2D eigenvalue weighted by atomic mass is 19.1. The highest BCUT2D eigenvalue weighted by molar-refractivity contribution is 5.98. The predicted molar refractivity (Wildman–Crippen MR) is 66.2 cm³/mol. The molecule has 2 rings (SSSR count). The van der Waals surface area contributed by atoms with Crippen LogP contribution in [-0.2, 0) is 0 Å². The Balaban J connectivity index is 2.26. The number of piperidine rings is 1. The van der Waals surface area contributed by atoms with Gasteiger partial charge in [-0.3, -0.25) is 14.9 Å². The second kappa shape index (κ2) is 5.31. The number of nitro groups is 1. The van der Waals surface area contributed by atoms with Gasteiger partial charge < -0.3 is 10.6 Å². The smallest absolute Gasteiger partial charge is 0.285 e. The highest BCUT2D eigenvalue weighted by Crippen LogP contribution is 2.22. The van der Waals surface area contributed by atoms with Crippen molar-refractivity contribution in [3.63, 3.8) is 0 Å². The average Bonchev–Trinajstić information content (AvgIpc) is 2.38. The van der Waals surface area contributed by atoms with Crippen LogP contribution < -0.4 is 5.73 Å². The number of carbonyl (C=O) groups is 1. The Morgan fingerprint density at radius 2 is 2.05 bits per heavy atom. The summed E-state index contributed by atoms with van der Waals surface area (Å²) in [5.74, 6) is -1.18. The first-order valence-electron chi connectivity index (χ1n) is 5.98. The first kappa shape index (κ1) is 13.4. The number of rotatable bonds is 2. The maximum absolute atomic E-state index is 13.0. The van der Waals surface area contributed by atoms with Crippen LogP contribution in [0.4, 0.5) is 10.1 Å². The van der Waals surface area contributed by atoms with Crippen molar-refractivity contribution < 1.29 is 14.1 Å². The molecule has 0 unspecified atom stereocenters. The van der Waals surface area contributed by atoms with Crippen LogP contribution in [0.15, 0.2) is 18.2 Å². The lowest BCUT2D eigenvalue weighted by molar-refractivity contribution is -0.385. The van der Waals surface area contributed by atoms with E-state index in [1.54, 1.807) is 0 Å². The molecule has 0 bridgehead atoms. The summed E-state index contributed by atoms with van der Waals surface area (Å²) < 4.78 is 13.0. The van der Waals surface area contributed by atoms with E-state index in [-0.39, 0.29) is 11.6 Å². The normalized spacial score (nSPS) is 16.4. The van der Waals surface area contributed by atoms with E-state index in [0.29, 0.717) is 25.9 Å². The third-order valence-electron chi connectivity index (χ3n) is 3.21. The average molecular weight is 267 g/mol. The largest absolute Gasteiger partial charge is 0.338 e. The Morgan fingerprint density at radius 1 is 1.42 bits per heavy atom. The Hall–Kier alpha value is -2.02. The second-order valence-electron chi connectivity index (χ2n) is 4.55. The van der Waals surface area contributed by atoms with Crippen molar-refractivity contribution in [2.24, 2.45) is 5.73 Å². The van der Waals surface area contributed by atoms with Crippen LogP contribution in [0.3, 0.4) is 0 Å². The number of amides is 1. The minimum absolute atomic E-state index is 0.0623. The van der Waals surface area contributed by atoms with Crippen molar-refractivity contribution in [2.45, 2.75) is 18.9 Å². The van der Waals surface area contributed by atoms with Crippen LogP contribution in [0.1, 0.15) is 23.2 Å². The van der Waals surface area contributed by atoms with E-state index in [1.807, 2.05) is 0 Å². The molecular formula is C12H14FN3O3. The van der Waals surface area contributed by atoms with Gasteiger partial charge in [0.1, 0.15) is 11.4 Å². The summed E-state index contributed by atoms with van der Waals surface area (Å²) in [6.45, 7) is 0.934. The van der Waals surface area contributed by atoms with Crippen LogP contribution >= 0.6 is 0 Å². The van der Waals surface area contributed by atoms with Crippen LogP contribution in [0.5, 0.6) is 0 Å². The number of likely N-dealkylation sites (tertiary alicyclic amines) is 1. The van der Waals surface area contributed by atoms with E-state index in [1.165, 1.54) is 4.90 Å². The molecule has 1 aliphatic rings. The van der Waals surface area contributed by atoms with E-state index in [9.17, 15) is 19.3 Å². The molecule has 1 saturated heterocycles. The Morgan fingerprint density at radius 3 is 2.63 bits per heavy atom. The molecule has 1 amide bonds. The summed E-state index contributed by atoms with van der Waals surface area (Å²) in [7, 11) is 0. The summed E-state index contributed by atoms with van der Waals surface area (Å²) in [5.41, 5.74) is 5.16. The van der Waals surface area contributed by atoms with Crippen LogP contribution in [0.2, 0.25) is 0 Å². The molecule has 0 aliphatic carbocycles. The number of halogens is 1. The number of nitro benzene ring substituents is 1. The van der Waals surface area contributed by atoms with Gasteiger partial charge in [0.15, 0.2) is 0 Å². The van der Waals surface area contributed by atoms with Gasteiger partial charge in [0.05, 0.1) is 11.0 Å². The van der Waals surface area contributed by atoms with Gasteiger partial charge >= 0.3 is 0 Å². The van der Waals surface area contributed by atoms with E-state index >= 15 is 0 Å². The Bertz CT molecular complexity index is 513.